The predicted octanol–water partition coefficient (Wildman–Crippen LogP) is 1.93. The van der Waals surface area contributed by atoms with Gasteiger partial charge in [0.2, 0.25) is 0 Å². The molecule has 1 saturated carbocycles. The first-order valence-electron chi connectivity index (χ1n) is 7.53. The molecule has 1 aliphatic rings. The summed E-state index contributed by atoms with van der Waals surface area (Å²) in [6.07, 6.45) is -1.04. The summed E-state index contributed by atoms with van der Waals surface area (Å²) in [5.41, 5.74) is -1.17. The highest BCUT2D eigenvalue weighted by molar-refractivity contribution is 5.69. The topological polar surface area (TPSA) is 96.9 Å². The first kappa shape index (κ1) is 18.5. The van der Waals surface area contributed by atoms with Gasteiger partial charge in [0.05, 0.1) is 12.1 Å². The molecule has 128 valence electrons. The van der Waals surface area contributed by atoms with Crippen LogP contribution in [0, 0.1) is 0 Å². The molecular formula is C15H28N2O5. The number of hydrogen-bond donors (Lipinski definition) is 3. The van der Waals surface area contributed by atoms with Crippen LogP contribution in [0.4, 0.5) is 9.59 Å². The smallest absolute Gasteiger partial charge is 0.407 e. The Balaban J connectivity index is 2.45. The monoisotopic (exact) mass is 316 g/mol. The van der Waals surface area contributed by atoms with Crippen molar-refractivity contribution in [2.45, 2.75) is 83.8 Å². The van der Waals surface area contributed by atoms with Crippen LogP contribution in [-0.4, -0.2) is 46.7 Å². The SMILES string of the molecule is CC(C)(C)OC(=O)NC1CC(O)C(NC(=O)OC(C)(C)C)C1. The van der Waals surface area contributed by atoms with Gasteiger partial charge in [0, 0.05) is 6.04 Å². The lowest BCUT2D eigenvalue weighted by atomic mass is 10.2. The minimum Gasteiger partial charge on any atom is -0.444 e. The summed E-state index contributed by atoms with van der Waals surface area (Å²) in [5, 5.41) is 15.3. The Labute approximate surface area is 131 Å². The van der Waals surface area contributed by atoms with E-state index >= 15 is 0 Å². The van der Waals surface area contributed by atoms with Crippen molar-refractivity contribution in [1.29, 1.82) is 0 Å². The van der Waals surface area contributed by atoms with Gasteiger partial charge in [0.25, 0.3) is 0 Å². The highest BCUT2D eigenvalue weighted by Crippen LogP contribution is 2.21. The van der Waals surface area contributed by atoms with Gasteiger partial charge in [0.1, 0.15) is 11.2 Å². The molecule has 1 rings (SSSR count). The average molecular weight is 316 g/mol. The molecule has 3 N–H and O–H groups in total. The van der Waals surface area contributed by atoms with E-state index in [9.17, 15) is 14.7 Å². The summed E-state index contributed by atoms with van der Waals surface area (Å²) in [6, 6.07) is -0.695. The van der Waals surface area contributed by atoms with Gasteiger partial charge in [-0.05, 0) is 54.4 Å². The number of alkyl carbamates (subject to hydrolysis) is 2. The molecule has 0 spiro atoms. The molecule has 2 amide bonds. The van der Waals surface area contributed by atoms with Crippen molar-refractivity contribution in [1.82, 2.24) is 10.6 Å². The summed E-state index contributed by atoms with van der Waals surface area (Å²) in [4.78, 5) is 23.4. The molecule has 0 aromatic carbocycles. The van der Waals surface area contributed by atoms with Crippen LogP contribution in [0.2, 0.25) is 0 Å². The molecular weight excluding hydrogens is 288 g/mol. The van der Waals surface area contributed by atoms with Gasteiger partial charge < -0.3 is 25.2 Å². The summed E-state index contributed by atoms with van der Waals surface area (Å²) in [7, 11) is 0. The largest absolute Gasteiger partial charge is 0.444 e. The summed E-state index contributed by atoms with van der Waals surface area (Å²) in [5.74, 6) is 0. The normalized spacial score (nSPS) is 25.5. The highest BCUT2D eigenvalue weighted by Gasteiger charge is 2.36. The molecule has 0 radical (unpaired) electrons. The van der Waals surface area contributed by atoms with Crippen molar-refractivity contribution >= 4 is 12.2 Å². The van der Waals surface area contributed by atoms with E-state index in [1.165, 1.54) is 0 Å². The van der Waals surface area contributed by atoms with E-state index in [-0.39, 0.29) is 6.04 Å². The lowest BCUT2D eigenvalue weighted by molar-refractivity contribution is 0.0447. The molecule has 3 atom stereocenters. The second kappa shape index (κ2) is 6.73. The zero-order valence-electron chi connectivity index (χ0n) is 14.2. The minimum absolute atomic E-state index is 0.246. The Morgan fingerprint density at radius 2 is 1.36 bits per heavy atom. The Bertz CT molecular complexity index is 411. The van der Waals surface area contributed by atoms with E-state index < -0.39 is 35.5 Å². The van der Waals surface area contributed by atoms with Gasteiger partial charge in [-0.15, -0.1) is 0 Å². The van der Waals surface area contributed by atoms with Gasteiger partial charge in [-0.2, -0.15) is 0 Å². The van der Waals surface area contributed by atoms with Crippen LogP contribution in [0.15, 0.2) is 0 Å². The van der Waals surface area contributed by atoms with Gasteiger partial charge in [-0.25, -0.2) is 9.59 Å². The molecule has 3 unspecified atom stereocenters. The molecule has 7 heteroatoms. The van der Waals surface area contributed by atoms with Crippen LogP contribution in [0.25, 0.3) is 0 Å². The van der Waals surface area contributed by atoms with E-state index in [2.05, 4.69) is 10.6 Å². The first-order valence-corrected chi connectivity index (χ1v) is 7.53. The van der Waals surface area contributed by atoms with Crippen LogP contribution in [-0.2, 0) is 9.47 Å². The standard InChI is InChI=1S/C15H28N2O5/c1-14(2,3)21-12(19)16-9-7-10(11(18)8-9)17-13(20)22-15(4,5)6/h9-11,18H,7-8H2,1-6H3,(H,16,19)(H,17,20). The van der Waals surface area contributed by atoms with Gasteiger partial charge in [0.15, 0.2) is 0 Å². The Kier molecular flexibility index (Phi) is 5.67. The van der Waals surface area contributed by atoms with Crippen molar-refractivity contribution in [2.24, 2.45) is 0 Å². The fraction of sp³-hybridized carbons (Fsp3) is 0.867. The molecule has 0 bridgehead atoms. The van der Waals surface area contributed by atoms with Crippen molar-refractivity contribution in [3.8, 4) is 0 Å². The minimum atomic E-state index is -0.729. The van der Waals surface area contributed by atoms with E-state index in [1.807, 2.05) is 0 Å². The van der Waals surface area contributed by atoms with E-state index in [4.69, 9.17) is 9.47 Å². The van der Waals surface area contributed by atoms with Crippen LogP contribution in [0.3, 0.4) is 0 Å². The second-order valence-electron chi connectivity index (χ2n) is 7.63. The number of nitrogens with one attached hydrogen (secondary N) is 2. The van der Waals surface area contributed by atoms with E-state index in [1.54, 1.807) is 41.5 Å². The maximum Gasteiger partial charge on any atom is 0.407 e. The van der Waals surface area contributed by atoms with Crippen molar-refractivity contribution in [3.63, 3.8) is 0 Å². The van der Waals surface area contributed by atoms with Crippen LogP contribution in [0.1, 0.15) is 54.4 Å². The molecule has 22 heavy (non-hydrogen) atoms. The van der Waals surface area contributed by atoms with E-state index in [0.717, 1.165) is 0 Å². The van der Waals surface area contributed by atoms with Crippen molar-refractivity contribution in [3.05, 3.63) is 0 Å². The number of ether oxygens (including phenoxy) is 2. The molecule has 1 aliphatic carbocycles. The Morgan fingerprint density at radius 1 is 0.909 bits per heavy atom. The lowest BCUT2D eigenvalue weighted by Crippen LogP contribution is -2.43. The zero-order chi connectivity index (χ0) is 17.1. The molecule has 0 saturated heterocycles. The maximum absolute atomic E-state index is 11.7. The highest BCUT2D eigenvalue weighted by atomic mass is 16.6. The molecule has 7 nitrogen and oxygen atoms in total. The third-order valence-electron chi connectivity index (χ3n) is 2.95. The molecule has 0 aliphatic heterocycles. The number of carbonyl (C=O) groups is 2. The average Bonchev–Trinajstić information content (AvgIpc) is 2.52. The first-order chi connectivity index (χ1) is 9.85. The number of hydrogen-bond acceptors (Lipinski definition) is 5. The van der Waals surface area contributed by atoms with Crippen molar-refractivity contribution in [2.75, 3.05) is 0 Å². The number of aliphatic hydroxyl groups is 1. The Morgan fingerprint density at radius 3 is 1.82 bits per heavy atom. The zero-order valence-corrected chi connectivity index (χ0v) is 14.2. The van der Waals surface area contributed by atoms with Crippen molar-refractivity contribution < 1.29 is 24.2 Å². The van der Waals surface area contributed by atoms with Crippen LogP contribution < -0.4 is 10.6 Å². The molecule has 0 aromatic rings. The van der Waals surface area contributed by atoms with Gasteiger partial charge in [-0.3, -0.25) is 0 Å². The summed E-state index contributed by atoms with van der Waals surface area (Å²) < 4.78 is 10.3. The van der Waals surface area contributed by atoms with Gasteiger partial charge in [-0.1, -0.05) is 0 Å². The number of rotatable bonds is 2. The number of carbonyl (C=O) groups excluding carboxylic acids is 2. The third kappa shape index (κ3) is 6.98. The molecule has 0 heterocycles. The third-order valence-corrected chi connectivity index (χ3v) is 2.95. The Hall–Kier alpha value is -1.50. The quantitative estimate of drug-likeness (QED) is 0.723. The van der Waals surface area contributed by atoms with Gasteiger partial charge >= 0.3 is 12.2 Å². The van der Waals surface area contributed by atoms with Crippen LogP contribution >= 0.6 is 0 Å². The second-order valence-corrected chi connectivity index (χ2v) is 7.63. The number of aliphatic hydroxyl groups excluding tert-OH is 1. The van der Waals surface area contributed by atoms with Crippen LogP contribution in [0.5, 0.6) is 0 Å². The molecule has 0 aromatic heterocycles. The number of amides is 2. The predicted molar refractivity (Wildman–Crippen MR) is 81.6 cm³/mol. The fourth-order valence-corrected chi connectivity index (χ4v) is 2.22. The fourth-order valence-electron chi connectivity index (χ4n) is 2.22. The van der Waals surface area contributed by atoms with E-state index in [0.29, 0.717) is 12.8 Å². The lowest BCUT2D eigenvalue weighted by Gasteiger charge is -2.23. The summed E-state index contributed by atoms with van der Waals surface area (Å²) in [6.45, 7) is 10.6. The molecule has 1 fully saturated rings. The maximum atomic E-state index is 11.7. The summed E-state index contributed by atoms with van der Waals surface area (Å²) >= 11 is 0.